The van der Waals surface area contributed by atoms with Crippen LogP contribution in [0, 0.1) is 27.7 Å². The first kappa shape index (κ1) is 24.7. The molecule has 3 rings (SSSR count). The summed E-state index contributed by atoms with van der Waals surface area (Å²) in [5.41, 5.74) is 13.8. The lowest BCUT2D eigenvalue weighted by atomic mass is 9.96. The third-order valence-electron chi connectivity index (χ3n) is 6.93. The van der Waals surface area contributed by atoms with Crippen molar-refractivity contribution in [3.05, 3.63) is 57.6 Å². The van der Waals surface area contributed by atoms with Crippen molar-refractivity contribution in [2.24, 2.45) is 0 Å². The molecule has 1 heterocycles. The fourth-order valence-corrected chi connectivity index (χ4v) is 4.42. The van der Waals surface area contributed by atoms with Crippen LogP contribution in [0.1, 0.15) is 51.0 Å². The Kier molecular flexibility index (Phi) is 8.10. The van der Waals surface area contributed by atoms with E-state index < -0.39 is 5.97 Å². The number of carboxylic acids is 1. The summed E-state index contributed by atoms with van der Waals surface area (Å²) < 4.78 is 0. The quantitative estimate of drug-likeness (QED) is 0.432. The number of piperidine rings is 1. The first-order valence-electron chi connectivity index (χ1n) is 11.6. The zero-order valence-corrected chi connectivity index (χ0v) is 20.1. The average molecular weight is 453 g/mol. The second-order valence-electron chi connectivity index (χ2n) is 9.11. The third kappa shape index (κ3) is 6.12. The molecule has 0 unspecified atom stereocenters. The van der Waals surface area contributed by atoms with E-state index in [0.717, 1.165) is 71.7 Å². The van der Waals surface area contributed by atoms with Gasteiger partial charge >= 0.3 is 5.97 Å². The minimum atomic E-state index is -0.901. The highest BCUT2D eigenvalue weighted by Crippen LogP contribution is 2.32. The standard InChI is InChI=1S/C26H36N4O3/c1-16-18(3)25(19(4)17(2)24(16)27)29-14-23(31)13-28-22-9-11-30(12-10-22)15-20-5-7-21(8-6-20)26(32)33/h5-8,22,28-29H,9-15,27H2,1-4H3,(H,32,33). The summed E-state index contributed by atoms with van der Waals surface area (Å²) in [6, 6.07) is 7.41. The van der Waals surface area contributed by atoms with Gasteiger partial charge in [-0.05, 0) is 93.6 Å². The van der Waals surface area contributed by atoms with Crippen LogP contribution < -0.4 is 16.4 Å². The van der Waals surface area contributed by atoms with E-state index in [9.17, 15) is 9.59 Å². The van der Waals surface area contributed by atoms with E-state index in [2.05, 4.69) is 15.5 Å². The van der Waals surface area contributed by atoms with Gasteiger partial charge in [-0.25, -0.2) is 4.79 Å². The Morgan fingerprint density at radius 3 is 2.09 bits per heavy atom. The minimum absolute atomic E-state index is 0.141. The molecule has 1 aliphatic rings. The van der Waals surface area contributed by atoms with Crippen molar-refractivity contribution in [3.63, 3.8) is 0 Å². The molecule has 178 valence electrons. The molecule has 1 saturated heterocycles. The van der Waals surface area contributed by atoms with Gasteiger partial charge in [0.25, 0.3) is 0 Å². The van der Waals surface area contributed by atoms with Gasteiger partial charge in [-0.2, -0.15) is 0 Å². The van der Waals surface area contributed by atoms with E-state index in [1.54, 1.807) is 12.1 Å². The van der Waals surface area contributed by atoms with Crippen molar-refractivity contribution < 1.29 is 14.7 Å². The largest absolute Gasteiger partial charge is 0.478 e. The molecule has 0 aliphatic carbocycles. The molecule has 0 saturated carbocycles. The Bertz CT molecular complexity index is 980. The lowest BCUT2D eigenvalue weighted by molar-refractivity contribution is -0.116. The predicted molar refractivity (Wildman–Crippen MR) is 133 cm³/mol. The number of aromatic carboxylic acids is 1. The molecule has 33 heavy (non-hydrogen) atoms. The van der Waals surface area contributed by atoms with Gasteiger partial charge in [0.15, 0.2) is 5.78 Å². The van der Waals surface area contributed by atoms with Crippen LogP contribution in [0.4, 0.5) is 11.4 Å². The summed E-state index contributed by atoms with van der Waals surface area (Å²) in [6.07, 6.45) is 1.98. The molecule has 2 aromatic carbocycles. The Hall–Kier alpha value is -2.90. The van der Waals surface area contributed by atoms with Gasteiger partial charge in [0.1, 0.15) is 0 Å². The maximum Gasteiger partial charge on any atom is 0.335 e. The smallest absolute Gasteiger partial charge is 0.335 e. The van der Waals surface area contributed by atoms with Gasteiger partial charge in [-0.3, -0.25) is 9.69 Å². The van der Waals surface area contributed by atoms with E-state index >= 15 is 0 Å². The van der Waals surface area contributed by atoms with Crippen molar-refractivity contribution >= 4 is 23.1 Å². The van der Waals surface area contributed by atoms with Crippen LogP contribution in [0.25, 0.3) is 0 Å². The number of hydrogen-bond acceptors (Lipinski definition) is 6. The second-order valence-corrected chi connectivity index (χ2v) is 9.11. The van der Waals surface area contributed by atoms with Gasteiger partial charge in [-0.1, -0.05) is 12.1 Å². The predicted octanol–water partition coefficient (Wildman–Crippen LogP) is 3.44. The van der Waals surface area contributed by atoms with Crippen LogP contribution in [0.5, 0.6) is 0 Å². The summed E-state index contributed by atoms with van der Waals surface area (Å²) in [6.45, 7) is 11.5. The topological polar surface area (TPSA) is 108 Å². The van der Waals surface area contributed by atoms with Crippen molar-refractivity contribution in [2.45, 2.75) is 53.1 Å². The van der Waals surface area contributed by atoms with Gasteiger partial charge in [0, 0.05) is 24.0 Å². The fraction of sp³-hybridized carbons (Fsp3) is 0.462. The van der Waals surface area contributed by atoms with Crippen LogP contribution in [0.2, 0.25) is 0 Å². The number of ketones is 1. The molecular weight excluding hydrogens is 416 g/mol. The van der Waals surface area contributed by atoms with Crippen molar-refractivity contribution in [2.75, 3.05) is 37.2 Å². The molecule has 0 aromatic heterocycles. The lowest BCUT2D eigenvalue weighted by Gasteiger charge is -2.32. The van der Waals surface area contributed by atoms with Crippen molar-refractivity contribution in [1.29, 1.82) is 0 Å². The van der Waals surface area contributed by atoms with Crippen molar-refractivity contribution in [3.8, 4) is 0 Å². The molecule has 1 fully saturated rings. The molecule has 0 bridgehead atoms. The van der Waals surface area contributed by atoms with Crippen molar-refractivity contribution in [1.82, 2.24) is 10.2 Å². The number of carbonyl (C=O) groups is 2. The van der Waals surface area contributed by atoms with E-state index in [0.29, 0.717) is 24.7 Å². The van der Waals surface area contributed by atoms with Gasteiger partial charge in [-0.15, -0.1) is 0 Å². The van der Waals surface area contributed by atoms with Gasteiger partial charge < -0.3 is 21.5 Å². The van der Waals surface area contributed by atoms with Crippen LogP contribution in [0.3, 0.4) is 0 Å². The second kappa shape index (κ2) is 10.8. The molecule has 0 atom stereocenters. The lowest BCUT2D eigenvalue weighted by Crippen LogP contribution is -2.44. The fourth-order valence-electron chi connectivity index (χ4n) is 4.42. The average Bonchev–Trinajstić information content (AvgIpc) is 2.81. The van der Waals surface area contributed by atoms with Gasteiger partial charge in [0.2, 0.25) is 0 Å². The van der Waals surface area contributed by atoms with E-state index in [1.165, 1.54) is 0 Å². The Morgan fingerprint density at radius 1 is 0.970 bits per heavy atom. The SMILES string of the molecule is Cc1c(C)c(NCC(=O)CNC2CCN(Cc3ccc(C(=O)O)cc3)CC2)c(C)c(C)c1N. The molecule has 0 radical (unpaired) electrons. The Balaban J connectivity index is 1.41. The maximum absolute atomic E-state index is 12.5. The zero-order valence-electron chi connectivity index (χ0n) is 20.1. The highest BCUT2D eigenvalue weighted by Gasteiger charge is 2.20. The molecule has 0 amide bonds. The summed E-state index contributed by atoms with van der Waals surface area (Å²) >= 11 is 0. The van der Waals surface area contributed by atoms with Gasteiger partial charge in [0.05, 0.1) is 18.7 Å². The highest BCUT2D eigenvalue weighted by molar-refractivity contribution is 5.87. The number of nitrogen functional groups attached to an aromatic ring is 1. The highest BCUT2D eigenvalue weighted by atomic mass is 16.4. The normalized spacial score (nSPS) is 14.9. The zero-order chi connectivity index (χ0) is 24.1. The number of benzene rings is 2. The van der Waals surface area contributed by atoms with E-state index in [-0.39, 0.29) is 5.78 Å². The monoisotopic (exact) mass is 452 g/mol. The Labute approximate surface area is 196 Å². The summed E-state index contributed by atoms with van der Waals surface area (Å²) in [4.78, 5) is 25.8. The molecular formula is C26H36N4O3. The Morgan fingerprint density at radius 2 is 1.55 bits per heavy atom. The molecule has 5 N–H and O–H groups in total. The minimum Gasteiger partial charge on any atom is -0.478 e. The van der Waals surface area contributed by atoms with E-state index in [1.807, 2.05) is 39.8 Å². The molecule has 1 aliphatic heterocycles. The van der Waals surface area contributed by atoms with Crippen LogP contribution in [0.15, 0.2) is 24.3 Å². The third-order valence-corrected chi connectivity index (χ3v) is 6.93. The number of likely N-dealkylation sites (tertiary alicyclic amines) is 1. The van der Waals surface area contributed by atoms with Crippen LogP contribution in [-0.4, -0.2) is 54.0 Å². The number of hydrogen-bond donors (Lipinski definition) is 4. The number of nitrogens with zero attached hydrogens (tertiary/aromatic N) is 1. The number of carbonyl (C=O) groups excluding carboxylic acids is 1. The summed E-state index contributed by atoms with van der Waals surface area (Å²) in [5, 5.41) is 15.8. The summed E-state index contributed by atoms with van der Waals surface area (Å²) in [5.74, 6) is -0.760. The first-order chi connectivity index (χ1) is 15.7. The van der Waals surface area contributed by atoms with E-state index in [4.69, 9.17) is 10.8 Å². The molecule has 7 nitrogen and oxygen atoms in total. The number of rotatable bonds is 9. The number of Topliss-reactive ketones (excluding diaryl/α,β-unsaturated/α-hetero) is 1. The number of anilines is 2. The van der Waals surface area contributed by atoms with Crippen LogP contribution in [-0.2, 0) is 11.3 Å². The molecule has 0 spiro atoms. The molecule has 7 heteroatoms. The number of nitrogens with two attached hydrogens (primary N) is 1. The summed E-state index contributed by atoms with van der Waals surface area (Å²) in [7, 11) is 0. The first-order valence-corrected chi connectivity index (χ1v) is 11.6. The maximum atomic E-state index is 12.5. The number of carboxylic acid groups (broad SMARTS) is 1. The molecule has 2 aromatic rings. The van der Waals surface area contributed by atoms with Crippen LogP contribution >= 0.6 is 0 Å². The number of nitrogens with one attached hydrogen (secondary N) is 2.